The maximum Gasteiger partial charge on any atom is 0.416 e. The van der Waals surface area contributed by atoms with Gasteiger partial charge in [0.2, 0.25) is 0 Å². The standard InChI is InChI=1S/C16H19F3O/c17-16(18,19)13-8-6-12-7-9-14(20-15(12)10-13)11-4-2-1-3-5-11/h6,8,10-11,14H,1-5,7,9H2. The average molecular weight is 284 g/mol. The molecule has 3 rings (SSSR count). The van der Waals surface area contributed by atoms with Gasteiger partial charge in [-0.15, -0.1) is 0 Å². The predicted octanol–water partition coefficient (Wildman–Crippen LogP) is 4.98. The van der Waals surface area contributed by atoms with Crippen molar-refractivity contribution >= 4 is 0 Å². The summed E-state index contributed by atoms with van der Waals surface area (Å²) < 4.78 is 44.2. The van der Waals surface area contributed by atoms with Crippen LogP contribution in [0.4, 0.5) is 13.2 Å². The van der Waals surface area contributed by atoms with Gasteiger partial charge in [-0.3, -0.25) is 0 Å². The lowest BCUT2D eigenvalue weighted by Crippen LogP contribution is -2.32. The summed E-state index contributed by atoms with van der Waals surface area (Å²) in [6, 6.07) is 3.89. The van der Waals surface area contributed by atoms with Gasteiger partial charge in [0, 0.05) is 0 Å². The molecule has 1 aromatic rings. The summed E-state index contributed by atoms with van der Waals surface area (Å²) in [4.78, 5) is 0. The van der Waals surface area contributed by atoms with Crippen LogP contribution in [-0.2, 0) is 12.6 Å². The molecule has 0 radical (unpaired) electrons. The fraction of sp³-hybridized carbons (Fsp3) is 0.625. The van der Waals surface area contributed by atoms with Crippen LogP contribution in [0.3, 0.4) is 0 Å². The molecule has 1 atom stereocenters. The van der Waals surface area contributed by atoms with Crippen molar-refractivity contribution in [2.45, 2.75) is 57.2 Å². The third-order valence-corrected chi connectivity index (χ3v) is 4.55. The van der Waals surface area contributed by atoms with Gasteiger partial charge in [0.1, 0.15) is 11.9 Å². The minimum absolute atomic E-state index is 0.103. The second-order valence-electron chi connectivity index (χ2n) is 5.91. The molecule has 0 N–H and O–H groups in total. The van der Waals surface area contributed by atoms with Crippen LogP contribution in [-0.4, -0.2) is 6.10 Å². The summed E-state index contributed by atoms with van der Waals surface area (Å²) in [7, 11) is 0. The van der Waals surface area contributed by atoms with E-state index >= 15 is 0 Å². The van der Waals surface area contributed by atoms with E-state index in [0.29, 0.717) is 11.7 Å². The second kappa shape index (κ2) is 5.30. The van der Waals surface area contributed by atoms with E-state index in [1.165, 1.54) is 25.3 Å². The Hall–Kier alpha value is -1.19. The first-order chi connectivity index (χ1) is 9.54. The third kappa shape index (κ3) is 2.79. The highest BCUT2D eigenvalue weighted by Gasteiger charge is 2.34. The van der Waals surface area contributed by atoms with Crippen molar-refractivity contribution in [3.8, 4) is 5.75 Å². The number of hydrogen-bond acceptors (Lipinski definition) is 1. The van der Waals surface area contributed by atoms with Crippen LogP contribution in [0.1, 0.15) is 49.7 Å². The van der Waals surface area contributed by atoms with E-state index in [1.54, 1.807) is 6.07 Å². The fourth-order valence-corrected chi connectivity index (χ4v) is 3.40. The summed E-state index contributed by atoms with van der Waals surface area (Å²) in [5.41, 5.74) is 0.297. The summed E-state index contributed by atoms with van der Waals surface area (Å²) >= 11 is 0. The molecule has 1 aromatic carbocycles. The highest BCUT2D eigenvalue weighted by atomic mass is 19.4. The van der Waals surface area contributed by atoms with Crippen LogP contribution >= 0.6 is 0 Å². The molecule has 1 saturated carbocycles. The van der Waals surface area contributed by atoms with E-state index < -0.39 is 11.7 Å². The maximum absolute atomic E-state index is 12.8. The summed E-state index contributed by atoms with van der Waals surface area (Å²) in [6.45, 7) is 0. The molecular formula is C16H19F3O. The Morgan fingerprint density at radius 1 is 1.00 bits per heavy atom. The van der Waals surface area contributed by atoms with Gasteiger partial charge in [0.15, 0.2) is 0 Å². The molecule has 1 unspecified atom stereocenters. The number of ether oxygens (including phenoxy) is 1. The van der Waals surface area contributed by atoms with E-state index in [4.69, 9.17) is 4.74 Å². The smallest absolute Gasteiger partial charge is 0.416 e. The molecule has 4 heteroatoms. The molecule has 110 valence electrons. The van der Waals surface area contributed by atoms with E-state index in [9.17, 15) is 13.2 Å². The normalized spacial score (nSPS) is 24.1. The van der Waals surface area contributed by atoms with Gasteiger partial charge < -0.3 is 4.74 Å². The van der Waals surface area contributed by atoms with Crippen molar-refractivity contribution < 1.29 is 17.9 Å². The number of benzene rings is 1. The van der Waals surface area contributed by atoms with Crippen molar-refractivity contribution in [1.82, 2.24) is 0 Å². The molecule has 1 aliphatic carbocycles. The lowest BCUT2D eigenvalue weighted by molar-refractivity contribution is -0.137. The Morgan fingerprint density at radius 3 is 2.45 bits per heavy atom. The van der Waals surface area contributed by atoms with Crippen molar-refractivity contribution in [3.05, 3.63) is 29.3 Å². The van der Waals surface area contributed by atoms with E-state index in [0.717, 1.165) is 37.3 Å². The highest BCUT2D eigenvalue weighted by molar-refractivity contribution is 5.40. The first-order valence-corrected chi connectivity index (χ1v) is 7.41. The zero-order valence-corrected chi connectivity index (χ0v) is 11.4. The van der Waals surface area contributed by atoms with Crippen LogP contribution in [0.5, 0.6) is 5.75 Å². The molecule has 1 heterocycles. The molecule has 1 nitrogen and oxygen atoms in total. The summed E-state index contributed by atoms with van der Waals surface area (Å²) in [6.07, 6.45) is 3.59. The second-order valence-corrected chi connectivity index (χ2v) is 5.91. The third-order valence-electron chi connectivity index (χ3n) is 4.55. The Labute approximate surface area is 117 Å². The number of rotatable bonds is 1. The van der Waals surface area contributed by atoms with Crippen molar-refractivity contribution in [2.24, 2.45) is 5.92 Å². The maximum atomic E-state index is 12.8. The number of halogens is 3. The minimum Gasteiger partial charge on any atom is -0.490 e. The molecular weight excluding hydrogens is 265 g/mol. The van der Waals surface area contributed by atoms with Crippen molar-refractivity contribution in [1.29, 1.82) is 0 Å². The number of alkyl halides is 3. The van der Waals surface area contributed by atoms with E-state index in [2.05, 4.69) is 0 Å². The van der Waals surface area contributed by atoms with E-state index in [-0.39, 0.29) is 6.10 Å². The van der Waals surface area contributed by atoms with Gasteiger partial charge in [0.25, 0.3) is 0 Å². The molecule has 0 amide bonds. The molecule has 2 aliphatic rings. The summed E-state index contributed by atoms with van der Waals surface area (Å²) in [5.74, 6) is 0.966. The monoisotopic (exact) mass is 284 g/mol. The Balaban J connectivity index is 1.78. The van der Waals surface area contributed by atoms with Crippen LogP contribution in [0.25, 0.3) is 0 Å². The molecule has 1 fully saturated rings. The van der Waals surface area contributed by atoms with Gasteiger partial charge in [-0.2, -0.15) is 13.2 Å². The van der Waals surface area contributed by atoms with Gasteiger partial charge in [0.05, 0.1) is 5.56 Å². The molecule has 0 bridgehead atoms. The van der Waals surface area contributed by atoms with Crippen molar-refractivity contribution in [2.75, 3.05) is 0 Å². The van der Waals surface area contributed by atoms with Crippen LogP contribution in [0.15, 0.2) is 18.2 Å². The quantitative estimate of drug-likeness (QED) is 0.706. The zero-order valence-electron chi connectivity index (χ0n) is 11.4. The van der Waals surface area contributed by atoms with E-state index in [1.807, 2.05) is 0 Å². The molecule has 0 saturated heterocycles. The lowest BCUT2D eigenvalue weighted by atomic mass is 9.82. The van der Waals surface area contributed by atoms with Crippen LogP contribution < -0.4 is 4.74 Å². The zero-order chi connectivity index (χ0) is 14.2. The minimum atomic E-state index is -4.30. The van der Waals surface area contributed by atoms with Gasteiger partial charge in [-0.1, -0.05) is 25.3 Å². The largest absolute Gasteiger partial charge is 0.490 e. The highest BCUT2D eigenvalue weighted by Crippen LogP contribution is 2.39. The number of aryl methyl sites for hydroxylation is 1. The van der Waals surface area contributed by atoms with Crippen molar-refractivity contribution in [3.63, 3.8) is 0 Å². The molecule has 20 heavy (non-hydrogen) atoms. The lowest BCUT2D eigenvalue weighted by Gasteiger charge is -2.34. The number of fused-ring (bicyclic) bond motifs is 1. The molecule has 1 aliphatic heterocycles. The fourth-order valence-electron chi connectivity index (χ4n) is 3.40. The Morgan fingerprint density at radius 2 is 1.75 bits per heavy atom. The SMILES string of the molecule is FC(F)(F)c1ccc2c(c1)OC(C1CCCCC1)CC2. The summed E-state index contributed by atoms with van der Waals surface area (Å²) in [5, 5.41) is 0. The van der Waals surface area contributed by atoms with Gasteiger partial charge in [-0.25, -0.2) is 0 Å². The molecule has 0 aromatic heterocycles. The predicted molar refractivity (Wildman–Crippen MR) is 70.8 cm³/mol. The topological polar surface area (TPSA) is 9.23 Å². The van der Waals surface area contributed by atoms with Gasteiger partial charge >= 0.3 is 6.18 Å². The number of hydrogen-bond donors (Lipinski definition) is 0. The molecule has 0 spiro atoms. The van der Waals surface area contributed by atoms with Crippen LogP contribution in [0.2, 0.25) is 0 Å². The first-order valence-electron chi connectivity index (χ1n) is 7.41. The Kier molecular flexibility index (Phi) is 3.65. The Bertz CT molecular complexity index is 475. The first kappa shape index (κ1) is 13.8. The average Bonchev–Trinajstić information content (AvgIpc) is 2.46. The van der Waals surface area contributed by atoms with Gasteiger partial charge in [-0.05, 0) is 49.3 Å². The van der Waals surface area contributed by atoms with Crippen LogP contribution in [0, 0.1) is 5.92 Å².